The number of carbonyl (C=O) groups excluding carboxylic acids is 1. The van der Waals surface area contributed by atoms with Crippen LogP contribution in [0, 0.1) is 5.82 Å². The van der Waals surface area contributed by atoms with Gasteiger partial charge in [0.15, 0.2) is 6.10 Å². The molecule has 2 rings (SSSR count). The number of likely N-dealkylation sites (tertiary alicyclic amines) is 1. The van der Waals surface area contributed by atoms with Crippen LogP contribution in [0.4, 0.5) is 4.39 Å². The summed E-state index contributed by atoms with van der Waals surface area (Å²) < 4.78 is 19.2. The van der Waals surface area contributed by atoms with Crippen molar-refractivity contribution in [2.45, 2.75) is 38.3 Å². The number of hydrogen-bond donors (Lipinski definition) is 1. The fourth-order valence-electron chi connectivity index (χ4n) is 2.30. The van der Waals surface area contributed by atoms with Crippen molar-refractivity contribution in [2.75, 3.05) is 13.6 Å². The van der Waals surface area contributed by atoms with Crippen LogP contribution in [0.1, 0.15) is 25.3 Å². The monoisotopic (exact) mass is 280 g/mol. The molecule has 0 aliphatic carbocycles. The first-order valence-electron chi connectivity index (χ1n) is 6.97. The summed E-state index contributed by atoms with van der Waals surface area (Å²) in [4.78, 5) is 13.5. The van der Waals surface area contributed by atoms with Crippen LogP contribution in [0.5, 0.6) is 5.75 Å². The molecule has 0 bridgehead atoms. The molecule has 0 aromatic heterocycles. The summed E-state index contributed by atoms with van der Waals surface area (Å²) in [5, 5.41) is 0. The van der Waals surface area contributed by atoms with Gasteiger partial charge in [0.1, 0.15) is 11.6 Å². The zero-order valence-electron chi connectivity index (χ0n) is 11.9. The van der Waals surface area contributed by atoms with E-state index >= 15 is 0 Å². The third-order valence-electron chi connectivity index (χ3n) is 3.68. The lowest BCUT2D eigenvalue weighted by Crippen LogP contribution is -2.30. The van der Waals surface area contributed by atoms with Crippen molar-refractivity contribution in [3.63, 3.8) is 0 Å². The second-order valence-corrected chi connectivity index (χ2v) is 5.28. The summed E-state index contributed by atoms with van der Waals surface area (Å²) in [7, 11) is 1.75. The van der Waals surface area contributed by atoms with Crippen LogP contribution in [-0.2, 0) is 11.2 Å². The standard InChI is InChI=1S/C15H21FN2O2/c1-3-12(17)9-10-8-11(16)4-5-13(10)20-14-6-7-18(2)15(14)19/h4-5,8,12,14H,3,6-7,9,17H2,1-2H3. The van der Waals surface area contributed by atoms with Gasteiger partial charge in [0, 0.05) is 26.1 Å². The molecule has 2 N–H and O–H groups in total. The molecule has 110 valence electrons. The smallest absolute Gasteiger partial charge is 0.263 e. The predicted molar refractivity (Wildman–Crippen MR) is 75.0 cm³/mol. The first-order valence-corrected chi connectivity index (χ1v) is 6.97. The molecule has 1 aliphatic heterocycles. The highest BCUT2D eigenvalue weighted by Gasteiger charge is 2.31. The molecule has 0 saturated carbocycles. The van der Waals surface area contributed by atoms with Crippen LogP contribution in [0.25, 0.3) is 0 Å². The topological polar surface area (TPSA) is 55.6 Å². The Morgan fingerprint density at radius 2 is 2.30 bits per heavy atom. The molecule has 2 atom stereocenters. The van der Waals surface area contributed by atoms with Gasteiger partial charge in [-0.25, -0.2) is 4.39 Å². The Hall–Kier alpha value is -1.62. The molecular weight excluding hydrogens is 259 g/mol. The van der Waals surface area contributed by atoms with Gasteiger partial charge in [0.05, 0.1) is 0 Å². The fraction of sp³-hybridized carbons (Fsp3) is 0.533. The second-order valence-electron chi connectivity index (χ2n) is 5.28. The van der Waals surface area contributed by atoms with Gasteiger partial charge < -0.3 is 15.4 Å². The molecule has 1 saturated heterocycles. The summed E-state index contributed by atoms with van der Waals surface area (Å²) in [6.45, 7) is 2.68. The largest absolute Gasteiger partial charge is 0.480 e. The van der Waals surface area contributed by atoms with Crippen LogP contribution in [-0.4, -0.2) is 36.5 Å². The highest BCUT2D eigenvalue weighted by Crippen LogP contribution is 2.25. The van der Waals surface area contributed by atoms with E-state index in [0.29, 0.717) is 25.1 Å². The maximum atomic E-state index is 13.4. The van der Waals surface area contributed by atoms with Crippen molar-refractivity contribution in [2.24, 2.45) is 5.73 Å². The minimum atomic E-state index is -0.470. The zero-order chi connectivity index (χ0) is 14.7. The highest BCUT2D eigenvalue weighted by molar-refractivity contribution is 5.83. The number of rotatable bonds is 5. The van der Waals surface area contributed by atoms with Crippen LogP contribution in [0.2, 0.25) is 0 Å². The van der Waals surface area contributed by atoms with Crippen LogP contribution < -0.4 is 10.5 Å². The maximum absolute atomic E-state index is 13.4. The Morgan fingerprint density at radius 3 is 2.90 bits per heavy atom. The quantitative estimate of drug-likeness (QED) is 0.893. The summed E-state index contributed by atoms with van der Waals surface area (Å²) >= 11 is 0. The number of amides is 1. The number of ether oxygens (including phenoxy) is 1. The molecule has 1 amide bonds. The van der Waals surface area contributed by atoms with E-state index in [0.717, 1.165) is 12.0 Å². The highest BCUT2D eigenvalue weighted by atomic mass is 19.1. The number of nitrogens with zero attached hydrogens (tertiary/aromatic N) is 1. The zero-order valence-corrected chi connectivity index (χ0v) is 11.9. The summed E-state index contributed by atoms with van der Waals surface area (Å²) in [6.07, 6.45) is 1.54. The number of hydrogen-bond acceptors (Lipinski definition) is 3. The Bertz CT molecular complexity index is 493. The van der Waals surface area contributed by atoms with Gasteiger partial charge in [-0.1, -0.05) is 6.92 Å². The third-order valence-corrected chi connectivity index (χ3v) is 3.68. The molecule has 5 heteroatoms. The van der Waals surface area contributed by atoms with E-state index in [1.165, 1.54) is 12.1 Å². The van der Waals surface area contributed by atoms with Gasteiger partial charge in [-0.05, 0) is 36.6 Å². The normalized spacial score (nSPS) is 20.3. The van der Waals surface area contributed by atoms with Gasteiger partial charge in [-0.15, -0.1) is 0 Å². The van der Waals surface area contributed by atoms with E-state index in [4.69, 9.17) is 10.5 Å². The molecule has 1 aliphatic rings. The first-order chi connectivity index (χ1) is 9.51. The molecule has 1 fully saturated rings. The van der Waals surface area contributed by atoms with Crippen molar-refractivity contribution >= 4 is 5.91 Å². The maximum Gasteiger partial charge on any atom is 0.263 e. The fourth-order valence-corrected chi connectivity index (χ4v) is 2.30. The Kier molecular flexibility index (Phi) is 4.60. The second kappa shape index (κ2) is 6.22. The van der Waals surface area contributed by atoms with Crippen LogP contribution in [0.3, 0.4) is 0 Å². The lowest BCUT2D eigenvalue weighted by molar-refractivity contribution is -0.132. The first kappa shape index (κ1) is 14.8. The van der Waals surface area contributed by atoms with Gasteiger partial charge >= 0.3 is 0 Å². The van der Waals surface area contributed by atoms with E-state index in [-0.39, 0.29) is 17.8 Å². The van der Waals surface area contributed by atoms with Gasteiger partial charge in [-0.3, -0.25) is 4.79 Å². The van der Waals surface area contributed by atoms with Crippen molar-refractivity contribution in [3.8, 4) is 5.75 Å². The van der Waals surface area contributed by atoms with Crippen molar-refractivity contribution in [3.05, 3.63) is 29.6 Å². The average molecular weight is 280 g/mol. The van der Waals surface area contributed by atoms with Gasteiger partial charge in [0.2, 0.25) is 0 Å². The Labute approximate surface area is 118 Å². The molecule has 1 aromatic rings. The molecule has 1 aromatic carbocycles. The minimum absolute atomic E-state index is 0.0277. The summed E-state index contributed by atoms with van der Waals surface area (Å²) in [6, 6.07) is 4.33. The van der Waals surface area contributed by atoms with Crippen molar-refractivity contribution < 1.29 is 13.9 Å². The van der Waals surface area contributed by atoms with Crippen molar-refractivity contribution in [1.29, 1.82) is 0 Å². The molecule has 0 radical (unpaired) electrons. The van der Waals surface area contributed by atoms with Gasteiger partial charge in [0.25, 0.3) is 5.91 Å². The molecular formula is C15H21FN2O2. The molecule has 2 unspecified atom stereocenters. The molecule has 4 nitrogen and oxygen atoms in total. The third kappa shape index (κ3) is 3.28. The van der Waals surface area contributed by atoms with Crippen LogP contribution >= 0.6 is 0 Å². The van der Waals surface area contributed by atoms with Crippen LogP contribution in [0.15, 0.2) is 18.2 Å². The SMILES string of the molecule is CCC(N)Cc1cc(F)ccc1OC1CCN(C)C1=O. The molecule has 0 spiro atoms. The van der Waals surface area contributed by atoms with E-state index in [1.807, 2.05) is 6.92 Å². The van der Waals surface area contributed by atoms with Gasteiger partial charge in [-0.2, -0.15) is 0 Å². The summed E-state index contributed by atoms with van der Waals surface area (Å²) in [5.74, 6) is 0.217. The van der Waals surface area contributed by atoms with E-state index in [1.54, 1.807) is 18.0 Å². The minimum Gasteiger partial charge on any atom is -0.480 e. The lowest BCUT2D eigenvalue weighted by atomic mass is 10.0. The number of carbonyl (C=O) groups is 1. The number of nitrogens with two attached hydrogens (primary N) is 1. The van der Waals surface area contributed by atoms with E-state index in [9.17, 15) is 9.18 Å². The number of benzene rings is 1. The summed E-state index contributed by atoms with van der Waals surface area (Å²) in [5.41, 5.74) is 6.65. The average Bonchev–Trinajstić information content (AvgIpc) is 2.73. The Balaban J connectivity index is 2.16. The van der Waals surface area contributed by atoms with Crippen molar-refractivity contribution in [1.82, 2.24) is 4.90 Å². The molecule has 20 heavy (non-hydrogen) atoms. The predicted octanol–water partition coefficient (Wildman–Crippen LogP) is 1.72. The Morgan fingerprint density at radius 1 is 1.55 bits per heavy atom. The number of likely N-dealkylation sites (N-methyl/N-ethyl adjacent to an activating group) is 1. The lowest BCUT2D eigenvalue weighted by Gasteiger charge is -2.17. The molecule has 1 heterocycles. The van der Waals surface area contributed by atoms with E-state index < -0.39 is 6.10 Å². The number of halogens is 1. The van der Waals surface area contributed by atoms with E-state index in [2.05, 4.69) is 0 Å².